The Balaban J connectivity index is 1.39. The summed E-state index contributed by atoms with van der Waals surface area (Å²) in [5.74, 6) is 6.26. The summed E-state index contributed by atoms with van der Waals surface area (Å²) in [6, 6.07) is 16.2. The zero-order valence-electron chi connectivity index (χ0n) is 16.5. The molecule has 1 fully saturated rings. The Morgan fingerprint density at radius 3 is 2.31 bits per heavy atom. The van der Waals surface area contributed by atoms with E-state index in [0.717, 1.165) is 33.1 Å². The highest BCUT2D eigenvalue weighted by Gasteiger charge is 2.18. The number of benzene rings is 1. The lowest BCUT2D eigenvalue weighted by molar-refractivity contribution is 0.288. The standard InChI is InChI=1S/C25H23ClN3/c1-19(29-14-2-3-15-29)16-25-12-5-20(17-27-25)4-11-24-13-8-22(18-28-24)21-6-9-23(26)10-7-21/h5-10,12-13,16-19H,2-3,14-15H2,1H3. The number of likely N-dealkylation sites (tertiary alicyclic amines) is 1. The lowest BCUT2D eigenvalue weighted by Gasteiger charge is -2.22. The van der Waals surface area contributed by atoms with Crippen molar-refractivity contribution >= 4 is 11.6 Å². The summed E-state index contributed by atoms with van der Waals surface area (Å²) < 4.78 is 0. The Bertz CT molecular complexity index is 993. The van der Waals surface area contributed by atoms with Crippen molar-refractivity contribution in [2.45, 2.75) is 25.8 Å². The molecule has 0 amide bonds. The molecule has 0 N–H and O–H groups in total. The molecule has 4 heteroatoms. The van der Waals surface area contributed by atoms with E-state index in [9.17, 15) is 0 Å². The van der Waals surface area contributed by atoms with Crippen LogP contribution in [-0.4, -0.2) is 34.0 Å². The van der Waals surface area contributed by atoms with Gasteiger partial charge in [0.05, 0.1) is 0 Å². The number of rotatable bonds is 4. The molecular weight excluding hydrogens is 378 g/mol. The predicted octanol–water partition coefficient (Wildman–Crippen LogP) is 5.23. The third-order valence-electron chi connectivity index (χ3n) is 5.19. The quantitative estimate of drug-likeness (QED) is 0.561. The van der Waals surface area contributed by atoms with E-state index in [2.05, 4.69) is 40.1 Å². The third-order valence-corrected chi connectivity index (χ3v) is 5.44. The number of aromatic nitrogens is 2. The molecule has 1 aromatic carbocycles. The van der Waals surface area contributed by atoms with Gasteiger partial charge < -0.3 is 0 Å². The zero-order chi connectivity index (χ0) is 20.1. The van der Waals surface area contributed by atoms with Crippen molar-refractivity contribution < 1.29 is 0 Å². The first-order chi connectivity index (χ1) is 14.2. The molecule has 1 aliphatic heterocycles. The van der Waals surface area contributed by atoms with Crippen LogP contribution in [0.25, 0.3) is 11.1 Å². The Morgan fingerprint density at radius 2 is 1.66 bits per heavy atom. The van der Waals surface area contributed by atoms with Gasteiger partial charge in [0.15, 0.2) is 0 Å². The Hall–Kier alpha value is -2.67. The molecule has 1 atom stereocenters. The minimum absolute atomic E-state index is 0.422. The zero-order valence-corrected chi connectivity index (χ0v) is 17.2. The highest BCUT2D eigenvalue weighted by Crippen LogP contribution is 2.21. The van der Waals surface area contributed by atoms with Gasteiger partial charge in [-0.1, -0.05) is 35.7 Å². The fourth-order valence-electron chi connectivity index (χ4n) is 3.50. The first kappa shape index (κ1) is 19.6. The molecule has 0 aliphatic carbocycles. The predicted molar refractivity (Wildman–Crippen MR) is 119 cm³/mol. The highest BCUT2D eigenvalue weighted by molar-refractivity contribution is 6.30. The van der Waals surface area contributed by atoms with Gasteiger partial charge in [0.1, 0.15) is 5.69 Å². The number of hydrogen-bond donors (Lipinski definition) is 0. The van der Waals surface area contributed by atoms with Crippen LogP contribution in [0.1, 0.15) is 36.7 Å². The van der Waals surface area contributed by atoms with Crippen LogP contribution in [0.4, 0.5) is 0 Å². The third kappa shape index (κ3) is 5.23. The first-order valence-electron chi connectivity index (χ1n) is 9.96. The second-order valence-corrected chi connectivity index (χ2v) is 7.75. The second kappa shape index (κ2) is 9.22. The van der Waals surface area contributed by atoms with Crippen LogP contribution in [0.2, 0.25) is 5.02 Å². The van der Waals surface area contributed by atoms with Crippen molar-refractivity contribution in [3.63, 3.8) is 0 Å². The molecule has 3 aromatic rings. The first-order valence-corrected chi connectivity index (χ1v) is 10.3. The molecule has 1 saturated heterocycles. The van der Waals surface area contributed by atoms with Crippen LogP contribution in [0.15, 0.2) is 60.9 Å². The van der Waals surface area contributed by atoms with E-state index in [1.165, 1.54) is 25.9 Å². The Labute approximate surface area is 177 Å². The van der Waals surface area contributed by atoms with Crippen LogP contribution < -0.4 is 0 Å². The Kier molecular flexibility index (Phi) is 6.24. The van der Waals surface area contributed by atoms with Gasteiger partial charge in [-0.25, -0.2) is 4.98 Å². The lowest BCUT2D eigenvalue weighted by atomic mass is 10.1. The fraction of sp³-hybridized carbons (Fsp3) is 0.240. The van der Waals surface area contributed by atoms with Gasteiger partial charge in [0.2, 0.25) is 0 Å². The molecule has 29 heavy (non-hydrogen) atoms. The normalized spacial score (nSPS) is 15.0. The summed E-state index contributed by atoms with van der Waals surface area (Å²) in [4.78, 5) is 11.5. The van der Waals surface area contributed by atoms with Gasteiger partial charge in [0, 0.05) is 46.7 Å². The average molecular weight is 401 g/mol. The van der Waals surface area contributed by atoms with Crippen LogP contribution >= 0.6 is 11.6 Å². The van der Waals surface area contributed by atoms with Crippen LogP contribution in [0.5, 0.6) is 0 Å². The molecular formula is C25H23ClN3. The van der Waals surface area contributed by atoms with E-state index in [-0.39, 0.29) is 0 Å². The van der Waals surface area contributed by atoms with Gasteiger partial charge in [0.25, 0.3) is 0 Å². The molecule has 0 saturated carbocycles. The van der Waals surface area contributed by atoms with E-state index >= 15 is 0 Å². The van der Waals surface area contributed by atoms with Crippen LogP contribution in [0, 0.1) is 18.3 Å². The van der Waals surface area contributed by atoms with Gasteiger partial charge in [-0.3, -0.25) is 9.88 Å². The van der Waals surface area contributed by atoms with E-state index in [1.807, 2.05) is 60.9 Å². The van der Waals surface area contributed by atoms with Crippen molar-refractivity contribution in [1.82, 2.24) is 14.9 Å². The van der Waals surface area contributed by atoms with Crippen molar-refractivity contribution in [3.05, 3.63) is 89.3 Å². The number of halogens is 1. The maximum Gasteiger partial charge on any atom is 0.113 e. The molecule has 1 aliphatic rings. The molecule has 2 aromatic heterocycles. The largest absolute Gasteiger partial charge is 0.300 e. The van der Waals surface area contributed by atoms with E-state index < -0.39 is 0 Å². The maximum atomic E-state index is 5.94. The fourth-order valence-corrected chi connectivity index (χ4v) is 3.62. The minimum Gasteiger partial charge on any atom is -0.300 e. The SMILES string of the molecule is CC([CH]c1ccc(C#Cc2ccc(-c3ccc(Cl)cc3)cn2)cn1)N1CCCC1. The topological polar surface area (TPSA) is 29.0 Å². The molecule has 0 bridgehead atoms. The molecule has 0 spiro atoms. The molecule has 3 heterocycles. The second-order valence-electron chi connectivity index (χ2n) is 7.31. The summed E-state index contributed by atoms with van der Waals surface area (Å²) in [5.41, 5.74) is 4.75. The number of hydrogen-bond acceptors (Lipinski definition) is 3. The van der Waals surface area contributed by atoms with E-state index in [0.29, 0.717) is 6.04 Å². The lowest BCUT2D eigenvalue weighted by Crippen LogP contribution is -2.30. The van der Waals surface area contributed by atoms with Crippen molar-refractivity contribution in [2.75, 3.05) is 13.1 Å². The van der Waals surface area contributed by atoms with E-state index in [4.69, 9.17) is 11.6 Å². The van der Waals surface area contributed by atoms with Crippen LogP contribution in [-0.2, 0) is 0 Å². The molecule has 4 rings (SSSR count). The van der Waals surface area contributed by atoms with Gasteiger partial charge in [-0.05, 0) is 74.7 Å². The molecule has 3 nitrogen and oxygen atoms in total. The highest BCUT2D eigenvalue weighted by atomic mass is 35.5. The van der Waals surface area contributed by atoms with Crippen LogP contribution in [0.3, 0.4) is 0 Å². The number of pyridine rings is 2. The van der Waals surface area contributed by atoms with Crippen molar-refractivity contribution in [3.8, 4) is 23.0 Å². The van der Waals surface area contributed by atoms with Gasteiger partial charge in [-0.15, -0.1) is 0 Å². The Morgan fingerprint density at radius 1 is 0.897 bits per heavy atom. The van der Waals surface area contributed by atoms with Crippen molar-refractivity contribution in [1.29, 1.82) is 0 Å². The summed E-state index contributed by atoms with van der Waals surface area (Å²) in [5, 5.41) is 0.729. The minimum atomic E-state index is 0.422. The number of nitrogens with zero attached hydrogens (tertiary/aromatic N) is 3. The average Bonchev–Trinajstić information content (AvgIpc) is 3.29. The summed E-state index contributed by atoms with van der Waals surface area (Å²) >= 11 is 5.94. The molecule has 145 valence electrons. The van der Waals surface area contributed by atoms with Crippen molar-refractivity contribution in [2.24, 2.45) is 0 Å². The molecule has 1 radical (unpaired) electrons. The van der Waals surface area contributed by atoms with Gasteiger partial charge >= 0.3 is 0 Å². The summed E-state index contributed by atoms with van der Waals surface area (Å²) in [6.07, 6.45) is 8.49. The maximum absolute atomic E-state index is 5.94. The van der Waals surface area contributed by atoms with E-state index in [1.54, 1.807) is 0 Å². The van der Waals surface area contributed by atoms with Gasteiger partial charge in [-0.2, -0.15) is 0 Å². The molecule has 1 unspecified atom stereocenters. The smallest absolute Gasteiger partial charge is 0.113 e. The summed E-state index contributed by atoms with van der Waals surface area (Å²) in [6.45, 7) is 4.61. The monoisotopic (exact) mass is 400 g/mol. The summed E-state index contributed by atoms with van der Waals surface area (Å²) in [7, 11) is 0.